The van der Waals surface area contributed by atoms with E-state index in [4.69, 9.17) is 5.73 Å². The maximum absolute atomic E-state index is 13.7. The van der Waals surface area contributed by atoms with Crippen LogP contribution in [0.2, 0.25) is 0 Å². The van der Waals surface area contributed by atoms with Crippen molar-refractivity contribution in [2.24, 2.45) is 17.6 Å². The van der Waals surface area contributed by atoms with Crippen LogP contribution in [0.1, 0.15) is 31.9 Å². The lowest BCUT2D eigenvalue weighted by atomic mass is 9.94. The van der Waals surface area contributed by atoms with Crippen molar-refractivity contribution in [3.63, 3.8) is 0 Å². The Morgan fingerprint density at radius 2 is 2.17 bits per heavy atom. The van der Waals surface area contributed by atoms with Gasteiger partial charge in [-0.25, -0.2) is 4.39 Å². The van der Waals surface area contributed by atoms with Crippen molar-refractivity contribution in [2.45, 2.75) is 26.3 Å². The second kappa shape index (κ2) is 5.81. The largest absolute Gasteiger partial charge is 0.324 e. The number of nitrogens with two attached hydrogens (primary N) is 1. The minimum absolute atomic E-state index is 0.188. The summed E-state index contributed by atoms with van der Waals surface area (Å²) in [5.41, 5.74) is 6.82. The summed E-state index contributed by atoms with van der Waals surface area (Å²) >= 11 is 0. The molecule has 3 atom stereocenters. The SMILES string of the molecule is CC1CCN(CC(C)C(N)c2ccccc2F)C1. The van der Waals surface area contributed by atoms with Crippen molar-refractivity contribution in [1.82, 2.24) is 4.90 Å². The maximum Gasteiger partial charge on any atom is 0.127 e. The Morgan fingerprint density at radius 3 is 2.78 bits per heavy atom. The maximum atomic E-state index is 13.7. The zero-order chi connectivity index (χ0) is 13.1. The molecule has 1 saturated heterocycles. The van der Waals surface area contributed by atoms with E-state index in [0.717, 1.165) is 25.6 Å². The van der Waals surface area contributed by atoms with Gasteiger partial charge in [-0.05, 0) is 30.9 Å². The van der Waals surface area contributed by atoms with Gasteiger partial charge in [-0.1, -0.05) is 32.0 Å². The number of likely N-dealkylation sites (tertiary alicyclic amines) is 1. The monoisotopic (exact) mass is 250 g/mol. The third-order valence-electron chi connectivity index (χ3n) is 3.93. The van der Waals surface area contributed by atoms with Gasteiger partial charge in [0.25, 0.3) is 0 Å². The van der Waals surface area contributed by atoms with Crippen LogP contribution in [-0.4, -0.2) is 24.5 Å². The van der Waals surface area contributed by atoms with Crippen LogP contribution in [0.4, 0.5) is 4.39 Å². The van der Waals surface area contributed by atoms with Crippen LogP contribution in [0.5, 0.6) is 0 Å². The lowest BCUT2D eigenvalue weighted by molar-refractivity contribution is 0.257. The lowest BCUT2D eigenvalue weighted by Crippen LogP contribution is -2.32. The van der Waals surface area contributed by atoms with Gasteiger partial charge in [-0.15, -0.1) is 0 Å². The minimum atomic E-state index is -0.220. The van der Waals surface area contributed by atoms with E-state index in [1.54, 1.807) is 12.1 Å². The fraction of sp³-hybridized carbons (Fsp3) is 0.600. The first-order chi connectivity index (χ1) is 8.58. The molecule has 0 aliphatic carbocycles. The van der Waals surface area contributed by atoms with E-state index < -0.39 is 0 Å². The summed E-state index contributed by atoms with van der Waals surface area (Å²) < 4.78 is 13.7. The zero-order valence-corrected chi connectivity index (χ0v) is 11.3. The van der Waals surface area contributed by atoms with Gasteiger partial charge in [-0.2, -0.15) is 0 Å². The van der Waals surface area contributed by atoms with E-state index in [0.29, 0.717) is 5.56 Å². The van der Waals surface area contributed by atoms with Crippen LogP contribution in [0, 0.1) is 17.7 Å². The molecule has 2 N–H and O–H groups in total. The predicted molar refractivity (Wildman–Crippen MR) is 72.7 cm³/mol. The molecule has 1 aliphatic rings. The molecule has 1 aromatic rings. The molecule has 2 rings (SSSR count). The molecule has 100 valence electrons. The Balaban J connectivity index is 1.96. The van der Waals surface area contributed by atoms with Gasteiger partial charge in [0.2, 0.25) is 0 Å². The predicted octanol–water partition coefficient (Wildman–Crippen LogP) is 2.80. The molecule has 3 unspecified atom stereocenters. The third-order valence-corrected chi connectivity index (χ3v) is 3.93. The topological polar surface area (TPSA) is 29.3 Å². The summed E-state index contributed by atoms with van der Waals surface area (Å²) in [7, 11) is 0. The zero-order valence-electron chi connectivity index (χ0n) is 11.3. The molecule has 18 heavy (non-hydrogen) atoms. The van der Waals surface area contributed by atoms with E-state index in [1.165, 1.54) is 12.5 Å². The highest BCUT2D eigenvalue weighted by Gasteiger charge is 2.24. The first kappa shape index (κ1) is 13.5. The van der Waals surface area contributed by atoms with Crippen LogP contribution < -0.4 is 5.73 Å². The van der Waals surface area contributed by atoms with Gasteiger partial charge < -0.3 is 10.6 Å². The Bertz CT molecular complexity index is 394. The molecule has 1 aliphatic heterocycles. The van der Waals surface area contributed by atoms with Gasteiger partial charge in [0.15, 0.2) is 0 Å². The van der Waals surface area contributed by atoms with Crippen LogP contribution in [-0.2, 0) is 0 Å². The Kier molecular flexibility index (Phi) is 4.36. The smallest absolute Gasteiger partial charge is 0.127 e. The molecule has 1 heterocycles. The Labute approximate surface area is 109 Å². The highest BCUT2D eigenvalue weighted by Crippen LogP contribution is 2.24. The highest BCUT2D eigenvalue weighted by atomic mass is 19.1. The first-order valence-corrected chi connectivity index (χ1v) is 6.80. The molecule has 0 bridgehead atoms. The molecule has 1 fully saturated rings. The van der Waals surface area contributed by atoms with Gasteiger partial charge in [0.05, 0.1) is 0 Å². The lowest BCUT2D eigenvalue weighted by Gasteiger charge is -2.26. The molecular formula is C15H23FN2. The number of rotatable bonds is 4. The third kappa shape index (κ3) is 3.09. The Hall–Kier alpha value is -0.930. The number of hydrogen-bond donors (Lipinski definition) is 1. The normalized spacial score (nSPS) is 24.1. The molecule has 0 saturated carbocycles. The Morgan fingerprint density at radius 1 is 1.44 bits per heavy atom. The van der Waals surface area contributed by atoms with Crippen molar-refractivity contribution < 1.29 is 4.39 Å². The van der Waals surface area contributed by atoms with Crippen molar-refractivity contribution >= 4 is 0 Å². The van der Waals surface area contributed by atoms with E-state index in [9.17, 15) is 4.39 Å². The molecule has 0 spiro atoms. The molecule has 0 radical (unpaired) electrons. The molecule has 0 amide bonds. The number of nitrogens with zero attached hydrogens (tertiary/aromatic N) is 1. The average molecular weight is 250 g/mol. The molecule has 2 nitrogen and oxygen atoms in total. The average Bonchev–Trinajstić information content (AvgIpc) is 2.74. The molecule has 0 aromatic heterocycles. The van der Waals surface area contributed by atoms with Crippen molar-refractivity contribution in [3.05, 3.63) is 35.6 Å². The van der Waals surface area contributed by atoms with Gasteiger partial charge in [-0.3, -0.25) is 0 Å². The standard InChI is InChI=1S/C15H23FN2/c1-11-7-8-18(9-11)10-12(2)15(17)13-5-3-4-6-14(13)16/h3-6,11-12,15H,7-10,17H2,1-2H3. The van der Waals surface area contributed by atoms with Crippen LogP contribution >= 0.6 is 0 Å². The summed E-state index contributed by atoms with van der Waals surface area (Å²) in [6.45, 7) is 7.64. The van der Waals surface area contributed by atoms with Crippen molar-refractivity contribution in [3.8, 4) is 0 Å². The second-order valence-corrected chi connectivity index (χ2v) is 5.68. The number of halogens is 1. The van der Waals surface area contributed by atoms with Crippen molar-refractivity contribution in [1.29, 1.82) is 0 Å². The fourth-order valence-electron chi connectivity index (χ4n) is 2.76. The quantitative estimate of drug-likeness (QED) is 0.890. The van der Waals surface area contributed by atoms with E-state index >= 15 is 0 Å². The molecule has 1 aromatic carbocycles. The van der Waals surface area contributed by atoms with Gasteiger partial charge >= 0.3 is 0 Å². The van der Waals surface area contributed by atoms with Crippen LogP contribution in [0.15, 0.2) is 24.3 Å². The summed E-state index contributed by atoms with van der Waals surface area (Å²) in [5.74, 6) is 0.862. The van der Waals surface area contributed by atoms with Crippen LogP contribution in [0.3, 0.4) is 0 Å². The summed E-state index contributed by atoms with van der Waals surface area (Å²) in [6.07, 6.45) is 1.27. The number of hydrogen-bond acceptors (Lipinski definition) is 2. The van der Waals surface area contributed by atoms with Gasteiger partial charge in [0, 0.05) is 24.7 Å². The van der Waals surface area contributed by atoms with Crippen LogP contribution in [0.25, 0.3) is 0 Å². The van der Waals surface area contributed by atoms with E-state index in [2.05, 4.69) is 18.7 Å². The molecule has 3 heteroatoms. The van der Waals surface area contributed by atoms with E-state index in [1.807, 2.05) is 6.07 Å². The van der Waals surface area contributed by atoms with Gasteiger partial charge in [0.1, 0.15) is 5.82 Å². The fourth-order valence-corrected chi connectivity index (χ4v) is 2.76. The van der Waals surface area contributed by atoms with Crippen molar-refractivity contribution in [2.75, 3.05) is 19.6 Å². The minimum Gasteiger partial charge on any atom is -0.324 e. The van der Waals surface area contributed by atoms with E-state index in [-0.39, 0.29) is 17.8 Å². The second-order valence-electron chi connectivity index (χ2n) is 5.68. The first-order valence-electron chi connectivity index (χ1n) is 6.80. The summed E-state index contributed by atoms with van der Waals surface area (Å²) in [6, 6.07) is 6.62. The highest BCUT2D eigenvalue weighted by molar-refractivity contribution is 5.21. The summed E-state index contributed by atoms with van der Waals surface area (Å²) in [4.78, 5) is 2.44. The summed E-state index contributed by atoms with van der Waals surface area (Å²) in [5, 5.41) is 0. The molecular weight excluding hydrogens is 227 g/mol. The number of benzene rings is 1.